The van der Waals surface area contributed by atoms with Crippen LogP contribution in [0.4, 0.5) is 22.7 Å². The van der Waals surface area contributed by atoms with Crippen molar-refractivity contribution in [1.82, 2.24) is 0 Å². The molecule has 9 heteroatoms. The standard InChI is InChI=1S/C15H21BrN2O2.C15H23BrN2O/c1-3-17-7-6-15(20)18(9-11(2)10-19)14-8-12(16)4-5-13(14)17;1-3-17-7-4-8-18(10-12(2)11-19)15-9-13(16)5-6-14(15)17/h4-5,8,11,19H,3,6-7,9-10H2,1-2H3;5-6,9,12,19H,3-4,7-8,10-11H2,1-2H3/t11-;12-/m00/s1. The van der Waals surface area contributed by atoms with Crippen LogP contribution in [0.5, 0.6) is 0 Å². The van der Waals surface area contributed by atoms with E-state index >= 15 is 0 Å². The van der Waals surface area contributed by atoms with Crippen LogP contribution < -0.4 is 19.6 Å². The Balaban J connectivity index is 0.000000216. The zero-order valence-electron chi connectivity index (χ0n) is 23.7. The van der Waals surface area contributed by atoms with E-state index in [9.17, 15) is 15.0 Å². The highest BCUT2D eigenvalue weighted by molar-refractivity contribution is 9.10. The van der Waals surface area contributed by atoms with Gasteiger partial charge in [0, 0.05) is 74.4 Å². The van der Waals surface area contributed by atoms with E-state index in [1.54, 1.807) is 0 Å². The van der Waals surface area contributed by atoms with Crippen molar-refractivity contribution < 1.29 is 15.0 Å². The number of aliphatic hydroxyl groups is 2. The van der Waals surface area contributed by atoms with Crippen molar-refractivity contribution in [3.8, 4) is 0 Å². The van der Waals surface area contributed by atoms with Crippen molar-refractivity contribution in [3.05, 3.63) is 45.3 Å². The molecule has 2 aliphatic heterocycles. The van der Waals surface area contributed by atoms with Gasteiger partial charge in [0.05, 0.1) is 22.7 Å². The number of carbonyl (C=O) groups is 1. The molecule has 0 fully saturated rings. The Morgan fingerprint density at radius 3 is 1.85 bits per heavy atom. The summed E-state index contributed by atoms with van der Waals surface area (Å²) in [5.74, 6) is 0.500. The van der Waals surface area contributed by atoms with Crippen molar-refractivity contribution in [2.24, 2.45) is 11.8 Å². The van der Waals surface area contributed by atoms with Crippen LogP contribution in [0.1, 0.15) is 40.5 Å². The average molecular weight is 669 g/mol. The average Bonchev–Trinajstić information content (AvgIpc) is 3.18. The fraction of sp³-hybridized carbons (Fsp3) is 0.567. The molecule has 7 nitrogen and oxygen atoms in total. The number of rotatable bonds is 8. The third-order valence-corrected chi connectivity index (χ3v) is 8.34. The monoisotopic (exact) mass is 666 g/mol. The molecule has 0 bridgehead atoms. The molecule has 2 aromatic rings. The second-order valence-corrected chi connectivity index (χ2v) is 12.4. The van der Waals surface area contributed by atoms with Crippen LogP contribution >= 0.6 is 31.9 Å². The molecule has 0 saturated carbocycles. The van der Waals surface area contributed by atoms with E-state index in [4.69, 9.17) is 0 Å². The van der Waals surface area contributed by atoms with Gasteiger partial charge < -0.3 is 29.8 Å². The number of hydrogen-bond donors (Lipinski definition) is 2. The second-order valence-electron chi connectivity index (χ2n) is 10.6. The first-order valence-corrected chi connectivity index (χ1v) is 15.7. The molecule has 2 aliphatic rings. The lowest BCUT2D eigenvalue weighted by atomic mass is 10.1. The summed E-state index contributed by atoms with van der Waals surface area (Å²) < 4.78 is 2.08. The van der Waals surface area contributed by atoms with E-state index in [0.717, 1.165) is 66.0 Å². The Hall–Kier alpha value is -1.81. The summed E-state index contributed by atoms with van der Waals surface area (Å²) >= 11 is 7.06. The molecule has 4 rings (SSSR count). The van der Waals surface area contributed by atoms with Crippen LogP contribution in [0.3, 0.4) is 0 Å². The Kier molecular flexibility index (Phi) is 12.4. The largest absolute Gasteiger partial charge is 0.396 e. The van der Waals surface area contributed by atoms with Gasteiger partial charge in [-0.2, -0.15) is 0 Å². The Labute approximate surface area is 251 Å². The predicted molar refractivity (Wildman–Crippen MR) is 170 cm³/mol. The van der Waals surface area contributed by atoms with Gasteiger partial charge in [0.2, 0.25) is 5.91 Å². The number of nitrogens with zero attached hydrogens (tertiary/aromatic N) is 4. The third kappa shape index (κ3) is 8.35. The van der Waals surface area contributed by atoms with Crippen molar-refractivity contribution in [2.45, 2.75) is 40.5 Å². The van der Waals surface area contributed by atoms with Crippen LogP contribution in [-0.2, 0) is 4.79 Å². The maximum absolute atomic E-state index is 12.4. The zero-order chi connectivity index (χ0) is 28.5. The van der Waals surface area contributed by atoms with Gasteiger partial charge in [-0.3, -0.25) is 4.79 Å². The summed E-state index contributed by atoms with van der Waals surface area (Å²) in [6.07, 6.45) is 1.68. The Morgan fingerprint density at radius 2 is 1.26 bits per heavy atom. The normalized spacial score (nSPS) is 17.0. The van der Waals surface area contributed by atoms with E-state index in [1.165, 1.54) is 11.4 Å². The molecular weight excluding hydrogens is 624 g/mol. The molecule has 0 radical (unpaired) electrons. The Bertz CT molecular complexity index is 1090. The van der Waals surface area contributed by atoms with E-state index in [1.807, 2.05) is 24.0 Å². The smallest absolute Gasteiger partial charge is 0.228 e. The van der Waals surface area contributed by atoms with Crippen molar-refractivity contribution in [1.29, 1.82) is 0 Å². The number of benzene rings is 2. The van der Waals surface area contributed by atoms with Gasteiger partial charge in [-0.15, -0.1) is 0 Å². The molecule has 1 amide bonds. The minimum Gasteiger partial charge on any atom is -0.396 e. The summed E-state index contributed by atoms with van der Waals surface area (Å²) in [6, 6.07) is 12.6. The zero-order valence-corrected chi connectivity index (χ0v) is 26.9. The van der Waals surface area contributed by atoms with Crippen LogP contribution in [0, 0.1) is 11.8 Å². The van der Waals surface area contributed by atoms with Crippen molar-refractivity contribution in [2.75, 3.05) is 78.6 Å². The first-order chi connectivity index (χ1) is 18.7. The summed E-state index contributed by atoms with van der Waals surface area (Å²) in [7, 11) is 0. The maximum Gasteiger partial charge on any atom is 0.228 e. The summed E-state index contributed by atoms with van der Waals surface area (Å²) in [4.78, 5) is 21.3. The highest BCUT2D eigenvalue weighted by Gasteiger charge is 2.27. The number of carbonyl (C=O) groups excluding carboxylic acids is 1. The van der Waals surface area contributed by atoms with E-state index in [-0.39, 0.29) is 25.0 Å². The fourth-order valence-corrected chi connectivity index (χ4v) is 5.86. The number of amides is 1. The van der Waals surface area contributed by atoms with Gasteiger partial charge in [0.1, 0.15) is 0 Å². The van der Waals surface area contributed by atoms with Crippen LogP contribution in [0.2, 0.25) is 0 Å². The lowest BCUT2D eigenvalue weighted by Crippen LogP contribution is -2.35. The molecule has 2 atom stereocenters. The first kappa shape index (κ1) is 31.7. The van der Waals surface area contributed by atoms with E-state index in [2.05, 4.69) is 91.6 Å². The molecule has 2 aromatic carbocycles. The number of halogens is 2. The van der Waals surface area contributed by atoms with Gasteiger partial charge in [-0.05, 0) is 68.5 Å². The molecule has 2 N–H and O–H groups in total. The Morgan fingerprint density at radius 1 is 0.744 bits per heavy atom. The molecule has 216 valence electrons. The summed E-state index contributed by atoms with van der Waals surface area (Å²) in [5, 5.41) is 18.6. The third-order valence-electron chi connectivity index (χ3n) is 7.35. The minimum absolute atomic E-state index is 0.0685. The van der Waals surface area contributed by atoms with Crippen molar-refractivity contribution >= 4 is 60.5 Å². The van der Waals surface area contributed by atoms with Gasteiger partial charge in [-0.25, -0.2) is 0 Å². The second kappa shape index (κ2) is 15.3. The quantitative estimate of drug-likeness (QED) is 0.374. The SMILES string of the molecule is CCN1CCC(=O)N(C[C@H](C)CO)c2cc(Br)ccc21.CCN1CCCN(C[C@H](C)CO)c2cc(Br)ccc21. The molecule has 0 aliphatic carbocycles. The maximum atomic E-state index is 12.4. The van der Waals surface area contributed by atoms with E-state index in [0.29, 0.717) is 18.9 Å². The van der Waals surface area contributed by atoms with Crippen LogP contribution in [0.15, 0.2) is 45.3 Å². The highest BCUT2D eigenvalue weighted by atomic mass is 79.9. The molecule has 2 heterocycles. The van der Waals surface area contributed by atoms with Gasteiger partial charge in [0.15, 0.2) is 0 Å². The van der Waals surface area contributed by atoms with Crippen molar-refractivity contribution in [3.63, 3.8) is 0 Å². The minimum atomic E-state index is 0.0685. The number of anilines is 4. The van der Waals surface area contributed by atoms with E-state index < -0.39 is 0 Å². The molecule has 0 aromatic heterocycles. The number of hydrogen-bond acceptors (Lipinski definition) is 6. The topological polar surface area (TPSA) is 70.5 Å². The summed E-state index contributed by atoms with van der Waals surface area (Å²) in [5.41, 5.74) is 4.62. The molecular formula is C30H44Br2N4O3. The van der Waals surface area contributed by atoms with Gasteiger partial charge in [-0.1, -0.05) is 45.7 Å². The number of aliphatic hydroxyl groups excluding tert-OH is 2. The van der Waals surface area contributed by atoms with Crippen LogP contribution in [0.25, 0.3) is 0 Å². The van der Waals surface area contributed by atoms with Gasteiger partial charge in [0.25, 0.3) is 0 Å². The molecule has 0 saturated heterocycles. The molecule has 0 spiro atoms. The lowest BCUT2D eigenvalue weighted by Gasteiger charge is -2.29. The molecule has 39 heavy (non-hydrogen) atoms. The molecule has 0 unspecified atom stereocenters. The lowest BCUT2D eigenvalue weighted by molar-refractivity contribution is -0.118. The first-order valence-electron chi connectivity index (χ1n) is 14.1. The predicted octanol–water partition coefficient (Wildman–Crippen LogP) is 5.75. The fourth-order valence-electron chi connectivity index (χ4n) is 5.16. The van der Waals surface area contributed by atoms with Gasteiger partial charge >= 0.3 is 0 Å². The van der Waals surface area contributed by atoms with Crippen LogP contribution in [-0.4, -0.2) is 75.1 Å². The highest BCUT2D eigenvalue weighted by Crippen LogP contribution is 2.36. The number of fused-ring (bicyclic) bond motifs is 2. The summed E-state index contributed by atoms with van der Waals surface area (Å²) in [6.45, 7) is 15.0.